The van der Waals surface area contributed by atoms with Crippen LogP contribution in [0.25, 0.3) is 0 Å². The third-order valence-electron chi connectivity index (χ3n) is 4.26. The summed E-state index contributed by atoms with van der Waals surface area (Å²) in [7, 11) is 3.17. The number of hydrogen-bond donors (Lipinski definition) is 3. The summed E-state index contributed by atoms with van der Waals surface area (Å²) in [4.78, 5) is 12.1. The number of benzene rings is 2. The van der Waals surface area contributed by atoms with Gasteiger partial charge in [-0.15, -0.1) is 0 Å². The quantitative estimate of drug-likeness (QED) is 0.485. The van der Waals surface area contributed by atoms with Gasteiger partial charge in [0.2, 0.25) is 5.91 Å². The van der Waals surface area contributed by atoms with Crippen molar-refractivity contribution in [3.05, 3.63) is 53.6 Å². The Morgan fingerprint density at radius 3 is 2.36 bits per heavy atom. The van der Waals surface area contributed by atoms with E-state index in [1.807, 2.05) is 30.3 Å². The van der Waals surface area contributed by atoms with Crippen LogP contribution < -0.4 is 25.6 Å². The Kier molecular flexibility index (Phi) is 8.07. The first-order valence-electron chi connectivity index (χ1n) is 9.10. The average Bonchev–Trinajstić information content (AvgIpc) is 2.70. The van der Waals surface area contributed by atoms with Crippen LogP contribution in [0.15, 0.2) is 42.5 Å². The molecule has 0 saturated carbocycles. The minimum absolute atomic E-state index is 0.177. The van der Waals surface area contributed by atoms with Crippen LogP contribution >= 0.6 is 12.2 Å². The Morgan fingerprint density at radius 1 is 1.04 bits per heavy atom. The Bertz CT molecular complexity index is 807. The molecule has 0 saturated heterocycles. The molecule has 7 heteroatoms. The highest BCUT2D eigenvalue weighted by molar-refractivity contribution is 7.80. The lowest BCUT2D eigenvalue weighted by atomic mass is 10.0. The van der Waals surface area contributed by atoms with Crippen molar-refractivity contribution in [2.45, 2.75) is 32.6 Å². The van der Waals surface area contributed by atoms with Crippen LogP contribution in [-0.4, -0.2) is 25.2 Å². The Labute approximate surface area is 171 Å². The van der Waals surface area contributed by atoms with Gasteiger partial charge in [0, 0.05) is 12.1 Å². The number of ether oxygens (including phenoxy) is 2. The number of para-hydroxylation sites is 1. The van der Waals surface area contributed by atoms with Crippen LogP contribution in [0.2, 0.25) is 0 Å². The first kappa shape index (κ1) is 21.5. The summed E-state index contributed by atoms with van der Waals surface area (Å²) in [6.07, 6.45) is 0.799. The number of thiocarbonyl (C=S) groups is 1. The van der Waals surface area contributed by atoms with Crippen LogP contribution in [0.5, 0.6) is 11.5 Å². The molecule has 28 heavy (non-hydrogen) atoms. The van der Waals surface area contributed by atoms with Gasteiger partial charge in [-0.25, -0.2) is 0 Å². The number of carbonyl (C=O) groups is 1. The SMILES string of the molecule is COc1cccc(CCC(=O)NNC(=S)Nc2ccc(C(C)C)cc2)c1OC. The van der Waals surface area contributed by atoms with Crippen LogP contribution in [0.3, 0.4) is 0 Å². The molecule has 0 spiro atoms. The lowest BCUT2D eigenvalue weighted by molar-refractivity contribution is -0.121. The van der Waals surface area contributed by atoms with E-state index in [0.29, 0.717) is 29.0 Å². The molecule has 0 unspecified atom stereocenters. The van der Waals surface area contributed by atoms with Crippen molar-refractivity contribution < 1.29 is 14.3 Å². The van der Waals surface area contributed by atoms with Gasteiger partial charge in [-0.1, -0.05) is 38.1 Å². The number of carbonyl (C=O) groups excluding carboxylic acids is 1. The van der Waals surface area contributed by atoms with E-state index in [2.05, 4.69) is 42.1 Å². The summed E-state index contributed by atoms with van der Waals surface area (Å²) < 4.78 is 10.7. The number of methoxy groups -OCH3 is 2. The molecular weight excluding hydrogens is 374 g/mol. The summed E-state index contributed by atoms with van der Waals surface area (Å²) in [5, 5.41) is 3.36. The van der Waals surface area contributed by atoms with Crippen LogP contribution in [0.4, 0.5) is 5.69 Å². The second-order valence-electron chi connectivity index (χ2n) is 6.56. The lowest BCUT2D eigenvalue weighted by Gasteiger charge is -2.14. The van der Waals surface area contributed by atoms with Gasteiger partial charge in [-0.2, -0.15) is 0 Å². The van der Waals surface area contributed by atoms with Crippen molar-refractivity contribution in [1.82, 2.24) is 10.9 Å². The monoisotopic (exact) mass is 401 g/mol. The van der Waals surface area contributed by atoms with E-state index in [9.17, 15) is 4.79 Å². The number of anilines is 1. The fourth-order valence-electron chi connectivity index (χ4n) is 2.70. The van der Waals surface area contributed by atoms with E-state index in [0.717, 1.165) is 11.3 Å². The molecule has 0 bridgehead atoms. The van der Waals surface area contributed by atoms with E-state index in [1.165, 1.54) is 5.56 Å². The number of amides is 1. The summed E-state index contributed by atoms with van der Waals surface area (Å²) >= 11 is 5.22. The molecule has 0 fully saturated rings. The topological polar surface area (TPSA) is 71.6 Å². The molecule has 2 aromatic rings. The molecular formula is C21H27N3O3S. The average molecular weight is 402 g/mol. The molecule has 0 radical (unpaired) electrons. The molecule has 2 aromatic carbocycles. The van der Waals surface area contributed by atoms with Crippen molar-refractivity contribution in [1.29, 1.82) is 0 Å². The maximum Gasteiger partial charge on any atom is 0.238 e. The van der Waals surface area contributed by atoms with Gasteiger partial charge in [-0.3, -0.25) is 15.6 Å². The molecule has 0 aliphatic rings. The molecule has 6 nitrogen and oxygen atoms in total. The molecule has 0 aliphatic carbocycles. The van der Waals surface area contributed by atoms with Gasteiger partial charge in [0.25, 0.3) is 0 Å². The lowest BCUT2D eigenvalue weighted by Crippen LogP contribution is -2.43. The van der Waals surface area contributed by atoms with Crippen molar-refractivity contribution in [2.24, 2.45) is 0 Å². The highest BCUT2D eigenvalue weighted by Gasteiger charge is 2.11. The van der Waals surface area contributed by atoms with Gasteiger partial charge in [0.05, 0.1) is 14.2 Å². The standard InChI is InChI=1S/C21H27N3O3S/c1-14(2)15-8-11-17(12-9-15)22-21(28)24-23-19(25)13-10-16-6-5-7-18(26-3)20(16)27-4/h5-9,11-12,14H,10,13H2,1-4H3,(H,23,25)(H2,22,24,28). The Morgan fingerprint density at radius 2 is 1.75 bits per heavy atom. The number of rotatable bonds is 7. The summed E-state index contributed by atoms with van der Waals surface area (Å²) in [6, 6.07) is 13.6. The summed E-state index contributed by atoms with van der Waals surface area (Å²) in [6.45, 7) is 4.29. The smallest absolute Gasteiger partial charge is 0.238 e. The zero-order valence-corrected chi connectivity index (χ0v) is 17.5. The number of aryl methyl sites for hydroxylation is 1. The molecule has 3 N–H and O–H groups in total. The number of hydrogen-bond acceptors (Lipinski definition) is 4. The zero-order valence-electron chi connectivity index (χ0n) is 16.7. The van der Waals surface area contributed by atoms with Gasteiger partial charge in [-0.05, 0) is 53.9 Å². The van der Waals surface area contributed by atoms with Crippen molar-refractivity contribution in [3.8, 4) is 11.5 Å². The fourth-order valence-corrected chi connectivity index (χ4v) is 2.87. The minimum atomic E-state index is -0.177. The fraction of sp³-hybridized carbons (Fsp3) is 0.333. The van der Waals surface area contributed by atoms with E-state index in [-0.39, 0.29) is 12.3 Å². The van der Waals surface area contributed by atoms with Crippen LogP contribution in [-0.2, 0) is 11.2 Å². The summed E-state index contributed by atoms with van der Waals surface area (Å²) in [5.74, 6) is 1.59. The van der Waals surface area contributed by atoms with Crippen molar-refractivity contribution in [2.75, 3.05) is 19.5 Å². The van der Waals surface area contributed by atoms with Crippen molar-refractivity contribution in [3.63, 3.8) is 0 Å². The Balaban J connectivity index is 1.80. The summed E-state index contributed by atoms with van der Waals surface area (Å²) in [5.41, 5.74) is 8.34. The zero-order chi connectivity index (χ0) is 20.5. The molecule has 2 rings (SSSR count). The van der Waals surface area contributed by atoms with Crippen LogP contribution in [0, 0.1) is 0 Å². The Hall–Kier alpha value is -2.80. The predicted octanol–water partition coefficient (Wildman–Crippen LogP) is 3.78. The highest BCUT2D eigenvalue weighted by atomic mass is 32.1. The van der Waals surface area contributed by atoms with Gasteiger partial charge in [0.15, 0.2) is 16.6 Å². The maximum absolute atomic E-state index is 12.1. The molecule has 0 atom stereocenters. The molecule has 0 aromatic heterocycles. The maximum atomic E-state index is 12.1. The molecule has 150 valence electrons. The number of nitrogens with one attached hydrogen (secondary N) is 3. The largest absolute Gasteiger partial charge is 0.493 e. The third kappa shape index (κ3) is 6.13. The molecule has 0 heterocycles. The normalized spacial score (nSPS) is 10.3. The minimum Gasteiger partial charge on any atom is -0.493 e. The highest BCUT2D eigenvalue weighted by Crippen LogP contribution is 2.31. The number of hydrazine groups is 1. The van der Waals surface area contributed by atoms with E-state index in [4.69, 9.17) is 21.7 Å². The van der Waals surface area contributed by atoms with Gasteiger partial charge in [0.1, 0.15) is 0 Å². The van der Waals surface area contributed by atoms with E-state index < -0.39 is 0 Å². The van der Waals surface area contributed by atoms with Crippen LogP contribution in [0.1, 0.15) is 37.3 Å². The molecule has 0 aliphatic heterocycles. The van der Waals surface area contributed by atoms with E-state index >= 15 is 0 Å². The first-order chi connectivity index (χ1) is 13.4. The molecule has 1 amide bonds. The second-order valence-corrected chi connectivity index (χ2v) is 6.96. The van der Waals surface area contributed by atoms with E-state index in [1.54, 1.807) is 14.2 Å². The second kappa shape index (κ2) is 10.5. The third-order valence-corrected chi connectivity index (χ3v) is 4.46. The van der Waals surface area contributed by atoms with Gasteiger partial charge >= 0.3 is 0 Å². The van der Waals surface area contributed by atoms with Crippen molar-refractivity contribution >= 4 is 28.9 Å². The first-order valence-corrected chi connectivity index (χ1v) is 9.51. The van der Waals surface area contributed by atoms with Gasteiger partial charge < -0.3 is 14.8 Å². The predicted molar refractivity (Wildman–Crippen MR) is 116 cm³/mol.